The third kappa shape index (κ3) is 2.43. The van der Waals surface area contributed by atoms with E-state index >= 15 is 0 Å². The molecule has 0 fully saturated rings. The van der Waals surface area contributed by atoms with Gasteiger partial charge in [0.25, 0.3) is 0 Å². The normalized spacial score (nSPS) is 10.6. The molecule has 2 rings (SSSR count). The van der Waals surface area contributed by atoms with E-state index in [9.17, 15) is 3.89 Å². The molecule has 0 amide bonds. The van der Waals surface area contributed by atoms with Crippen molar-refractivity contribution in [2.75, 3.05) is 0 Å². The van der Waals surface area contributed by atoms with Crippen LogP contribution in [0.25, 0.3) is 0 Å². The van der Waals surface area contributed by atoms with E-state index < -0.39 is 0 Å². The first-order valence-electron chi connectivity index (χ1n) is 4.93. The first-order chi connectivity index (χ1) is 7.83. The molecule has 5 heteroatoms. The molecule has 2 aromatic rings. The van der Waals surface area contributed by atoms with Crippen molar-refractivity contribution in [1.29, 1.82) is 0 Å². The zero-order chi connectivity index (χ0) is 11.4. The van der Waals surface area contributed by atoms with Crippen LogP contribution in [0.1, 0.15) is 16.7 Å². The number of nitrogens with two attached hydrogens (primary N) is 1. The lowest BCUT2D eigenvalue weighted by molar-refractivity contribution is 0.878. The van der Waals surface area contributed by atoms with Crippen LogP contribution in [0.15, 0.2) is 36.7 Å². The maximum Gasteiger partial charge on any atom is 0.187 e. The second-order valence-corrected chi connectivity index (χ2v) is 3.98. The zero-order valence-corrected chi connectivity index (χ0v) is 9.45. The minimum atomic E-state index is 0.0910. The number of rotatable bonds is 4. The quantitative estimate of drug-likeness (QED) is 0.887. The second kappa shape index (κ2) is 5.14. The van der Waals surface area contributed by atoms with Gasteiger partial charge in [-0.05, 0) is 16.7 Å². The first kappa shape index (κ1) is 11.2. The third-order valence-electron chi connectivity index (χ3n) is 2.42. The molecule has 0 spiro atoms. The standard InChI is InChI=1S/C11H12FN3S/c12-16-15-8-9(7-14-15)5-10-3-1-2-4-11(10)6-13/h1-4,7-8H,5-6,13H2. The van der Waals surface area contributed by atoms with Crippen LogP contribution in [-0.2, 0) is 13.0 Å². The fraction of sp³-hybridized carbons (Fsp3) is 0.182. The zero-order valence-electron chi connectivity index (χ0n) is 8.64. The number of benzene rings is 1. The molecule has 0 aliphatic heterocycles. The predicted molar refractivity (Wildman–Crippen MR) is 63.5 cm³/mol. The lowest BCUT2D eigenvalue weighted by Crippen LogP contribution is -2.01. The highest BCUT2D eigenvalue weighted by Gasteiger charge is 2.04. The summed E-state index contributed by atoms with van der Waals surface area (Å²) in [6.07, 6.45) is 4.08. The van der Waals surface area contributed by atoms with Gasteiger partial charge >= 0.3 is 0 Å². The summed E-state index contributed by atoms with van der Waals surface area (Å²) in [5, 5.41) is 3.86. The smallest absolute Gasteiger partial charge is 0.187 e. The molecule has 0 radical (unpaired) electrons. The Bertz CT molecular complexity index is 470. The average Bonchev–Trinajstić information content (AvgIpc) is 2.77. The van der Waals surface area contributed by atoms with E-state index in [1.165, 1.54) is 4.09 Å². The molecular weight excluding hydrogens is 225 g/mol. The van der Waals surface area contributed by atoms with E-state index in [0.29, 0.717) is 6.54 Å². The number of hydrogen-bond acceptors (Lipinski definition) is 3. The van der Waals surface area contributed by atoms with Gasteiger partial charge in [-0.2, -0.15) is 9.19 Å². The summed E-state index contributed by atoms with van der Waals surface area (Å²) in [7, 11) is 0. The summed E-state index contributed by atoms with van der Waals surface area (Å²) in [5.74, 6) is 0. The lowest BCUT2D eigenvalue weighted by atomic mass is 10.0. The summed E-state index contributed by atoms with van der Waals surface area (Å²) >= 11 is 0.0910. The highest BCUT2D eigenvalue weighted by molar-refractivity contribution is 7.92. The fourth-order valence-corrected chi connectivity index (χ4v) is 1.88. The van der Waals surface area contributed by atoms with Gasteiger partial charge in [-0.25, -0.2) is 0 Å². The van der Waals surface area contributed by atoms with Crippen molar-refractivity contribution in [3.8, 4) is 0 Å². The molecule has 0 aliphatic rings. The molecule has 0 atom stereocenters. The van der Waals surface area contributed by atoms with Crippen molar-refractivity contribution < 1.29 is 3.89 Å². The Hall–Kier alpha value is -1.33. The summed E-state index contributed by atoms with van der Waals surface area (Å²) < 4.78 is 13.4. The molecule has 16 heavy (non-hydrogen) atoms. The Kier molecular flexibility index (Phi) is 3.58. The van der Waals surface area contributed by atoms with Crippen LogP contribution in [-0.4, -0.2) is 9.19 Å². The maximum absolute atomic E-state index is 12.2. The molecule has 1 aromatic carbocycles. The highest BCUT2D eigenvalue weighted by Crippen LogP contribution is 2.15. The van der Waals surface area contributed by atoms with Crippen LogP contribution in [0.4, 0.5) is 3.89 Å². The average molecular weight is 237 g/mol. The van der Waals surface area contributed by atoms with Crippen LogP contribution < -0.4 is 5.73 Å². The van der Waals surface area contributed by atoms with Gasteiger partial charge in [0, 0.05) is 19.2 Å². The largest absolute Gasteiger partial charge is 0.326 e. The topological polar surface area (TPSA) is 43.8 Å². The lowest BCUT2D eigenvalue weighted by Gasteiger charge is -2.05. The van der Waals surface area contributed by atoms with Crippen molar-refractivity contribution in [1.82, 2.24) is 9.19 Å². The Morgan fingerprint density at radius 3 is 2.69 bits per heavy atom. The minimum absolute atomic E-state index is 0.0910. The second-order valence-electron chi connectivity index (χ2n) is 3.47. The SMILES string of the molecule is NCc1ccccc1Cc1cnn(SF)c1. The molecule has 2 N–H and O–H groups in total. The molecule has 3 nitrogen and oxygen atoms in total. The van der Waals surface area contributed by atoms with E-state index in [2.05, 4.69) is 5.10 Å². The van der Waals surface area contributed by atoms with Crippen LogP contribution in [0.2, 0.25) is 0 Å². The van der Waals surface area contributed by atoms with Gasteiger partial charge in [-0.15, -0.1) is 3.89 Å². The molecular formula is C11H12FN3S. The fourth-order valence-electron chi connectivity index (χ4n) is 1.62. The van der Waals surface area contributed by atoms with E-state index in [1.54, 1.807) is 12.4 Å². The summed E-state index contributed by atoms with van der Waals surface area (Å²) in [5.41, 5.74) is 8.90. The number of nitrogens with zero attached hydrogens (tertiary/aromatic N) is 2. The Labute approximate surface area is 97.9 Å². The number of aromatic nitrogens is 2. The molecule has 84 valence electrons. The van der Waals surface area contributed by atoms with Crippen molar-refractivity contribution in [2.45, 2.75) is 13.0 Å². The van der Waals surface area contributed by atoms with Crippen LogP contribution in [0, 0.1) is 0 Å². The Morgan fingerprint density at radius 2 is 2.06 bits per heavy atom. The molecule has 0 unspecified atom stereocenters. The van der Waals surface area contributed by atoms with E-state index in [1.807, 2.05) is 24.3 Å². The Morgan fingerprint density at radius 1 is 1.31 bits per heavy atom. The van der Waals surface area contributed by atoms with Crippen LogP contribution in [0.3, 0.4) is 0 Å². The van der Waals surface area contributed by atoms with Crippen molar-refractivity contribution >= 4 is 12.3 Å². The van der Waals surface area contributed by atoms with Gasteiger partial charge in [0.2, 0.25) is 0 Å². The van der Waals surface area contributed by atoms with Gasteiger partial charge in [0.05, 0.1) is 6.20 Å². The van der Waals surface area contributed by atoms with Crippen molar-refractivity contribution in [3.63, 3.8) is 0 Å². The van der Waals surface area contributed by atoms with E-state index in [4.69, 9.17) is 5.73 Å². The monoisotopic (exact) mass is 237 g/mol. The molecule has 0 saturated carbocycles. The number of hydrogen-bond donors (Lipinski definition) is 1. The van der Waals surface area contributed by atoms with Gasteiger partial charge in [0.15, 0.2) is 12.3 Å². The van der Waals surface area contributed by atoms with Crippen LogP contribution >= 0.6 is 12.3 Å². The summed E-state index contributed by atoms with van der Waals surface area (Å²) in [6.45, 7) is 0.516. The minimum Gasteiger partial charge on any atom is -0.326 e. The predicted octanol–water partition coefficient (Wildman–Crippen LogP) is 2.31. The maximum atomic E-state index is 12.2. The molecule has 0 saturated heterocycles. The molecule has 1 heterocycles. The summed E-state index contributed by atoms with van der Waals surface area (Å²) in [6, 6.07) is 7.97. The highest BCUT2D eigenvalue weighted by atomic mass is 32.2. The van der Waals surface area contributed by atoms with Crippen molar-refractivity contribution in [3.05, 3.63) is 53.3 Å². The van der Waals surface area contributed by atoms with Gasteiger partial charge in [-0.3, -0.25) is 0 Å². The number of halogens is 1. The van der Waals surface area contributed by atoms with Crippen molar-refractivity contribution in [2.24, 2.45) is 5.73 Å². The van der Waals surface area contributed by atoms with Crippen LogP contribution in [0.5, 0.6) is 0 Å². The van der Waals surface area contributed by atoms with E-state index in [0.717, 1.165) is 23.1 Å². The molecule has 1 aromatic heterocycles. The van der Waals surface area contributed by atoms with Gasteiger partial charge in [-0.1, -0.05) is 24.3 Å². The van der Waals surface area contributed by atoms with Gasteiger partial charge in [0.1, 0.15) is 0 Å². The summed E-state index contributed by atoms with van der Waals surface area (Å²) in [4.78, 5) is 0. The molecule has 0 bridgehead atoms. The first-order valence-corrected chi connectivity index (χ1v) is 5.60. The third-order valence-corrected chi connectivity index (χ3v) is 2.76. The van der Waals surface area contributed by atoms with Gasteiger partial charge < -0.3 is 5.73 Å². The Balaban J connectivity index is 2.19. The van der Waals surface area contributed by atoms with E-state index in [-0.39, 0.29) is 12.3 Å². The molecule has 0 aliphatic carbocycles.